The van der Waals surface area contributed by atoms with Gasteiger partial charge >= 0.3 is 5.82 Å². The highest BCUT2D eigenvalue weighted by atomic mass is 19.3. The van der Waals surface area contributed by atoms with Crippen molar-refractivity contribution in [2.75, 3.05) is 0 Å². The average Bonchev–Trinajstić information content (AvgIpc) is 2.15. The molecule has 0 saturated carbocycles. The molecule has 1 heterocycles. The molecule has 0 aliphatic carbocycles. The summed E-state index contributed by atoms with van der Waals surface area (Å²) in [5.41, 5.74) is -2.03. The highest BCUT2D eigenvalue weighted by molar-refractivity contribution is 5.39. The normalized spacial score (nSPS) is 10.1. The molecule has 5 nitrogen and oxygen atoms in total. The Morgan fingerprint density at radius 2 is 2.20 bits per heavy atom. The van der Waals surface area contributed by atoms with E-state index in [0.29, 0.717) is 6.07 Å². The third kappa shape index (κ3) is 2.01. The summed E-state index contributed by atoms with van der Waals surface area (Å²) in [6.45, 7) is 0. The molecule has 0 spiro atoms. The van der Waals surface area contributed by atoms with Gasteiger partial charge in [0.1, 0.15) is 11.9 Å². The molecule has 0 bridgehead atoms. The van der Waals surface area contributed by atoms with Crippen LogP contribution >= 0.6 is 0 Å². The smallest absolute Gasteiger partial charge is 0.358 e. The van der Waals surface area contributed by atoms with Gasteiger partial charge in [0, 0.05) is 6.07 Å². The zero-order valence-corrected chi connectivity index (χ0v) is 6.95. The first kappa shape index (κ1) is 10.9. The van der Waals surface area contributed by atoms with Crippen LogP contribution in [0.25, 0.3) is 0 Å². The molecular weight excluding hydrogens is 215 g/mol. The van der Waals surface area contributed by atoms with Gasteiger partial charge in [0.2, 0.25) is 0 Å². The standard InChI is InChI=1S/C7H2F3N3O2/c8-4-1-3(2-11)12-7(13(14)15)5(4)6(9)10/h1,6H. The zero-order valence-electron chi connectivity index (χ0n) is 6.95. The van der Waals surface area contributed by atoms with Crippen LogP contribution in [0, 0.1) is 27.3 Å². The molecule has 78 valence electrons. The SMILES string of the molecule is N#Cc1cc(F)c(C(F)F)c([N+](=O)[O-])n1. The van der Waals surface area contributed by atoms with E-state index >= 15 is 0 Å². The number of nitriles is 1. The van der Waals surface area contributed by atoms with Crippen molar-refractivity contribution in [2.45, 2.75) is 6.43 Å². The lowest BCUT2D eigenvalue weighted by molar-refractivity contribution is -0.391. The van der Waals surface area contributed by atoms with Crippen LogP contribution in [0.15, 0.2) is 6.07 Å². The van der Waals surface area contributed by atoms with Crippen molar-refractivity contribution in [1.82, 2.24) is 4.98 Å². The number of pyridine rings is 1. The average molecular weight is 217 g/mol. The van der Waals surface area contributed by atoms with E-state index < -0.39 is 34.2 Å². The van der Waals surface area contributed by atoms with Crippen LogP contribution < -0.4 is 0 Å². The van der Waals surface area contributed by atoms with Crippen molar-refractivity contribution < 1.29 is 18.1 Å². The van der Waals surface area contributed by atoms with Gasteiger partial charge in [0.05, 0.1) is 0 Å². The van der Waals surface area contributed by atoms with Crippen LogP contribution in [0.2, 0.25) is 0 Å². The maximum atomic E-state index is 12.9. The second-order valence-corrected chi connectivity index (χ2v) is 2.40. The number of alkyl halides is 2. The van der Waals surface area contributed by atoms with Gasteiger partial charge in [0.15, 0.2) is 5.56 Å². The maximum absolute atomic E-state index is 12.9. The summed E-state index contributed by atoms with van der Waals surface area (Å²) in [6, 6.07) is 1.75. The molecule has 8 heteroatoms. The summed E-state index contributed by atoms with van der Waals surface area (Å²) in [5.74, 6) is -2.84. The summed E-state index contributed by atoms with van der Waals surface area (Å²) in [6.07, 6.45) is -3.36. The van der Waals surface area contributed by atoms with Gasteiger partial charge in [0.25, 0.3) is 12.1 Å². The van der Waals surface area contributed by atoms with Gasteiger partial charge in [-0.25, -0.2) is 13.2 Å². The number of hydrogen-bond donors (Lipinski definition) is 0. The van der Waals surface area contributed by atoms with Crippen molar-refractivity contribution >= 4 is 5.82 Å². The Labute approximate surface area is 80.9 Å². The van der Waals surface area contributed by atoms with E-state index in [0.717, 1.165) is 0 Å². The minimum absolute atomic E-state index is 0.425. The molecule has 0 atom stereocenters. The highest BCUT2D eigenvalue weighted by Gasteiger charge is 2.29. The molecule has 0 aliphatic rings. The van der Waals surface area contributed by atoms with E-state index in [1.807, 2.05) is 0 Å². The van der Waals surface area contributed by atoms with Crippen LogP contribution in [-0.4, -0.2) is 9.91 Å². The van der Waals surface area contributed by atoms with E-state index in [1.54, 1.807) is 0 Å². The Kier molecular flexibility index (Phi) is 2.85. The third-order valence-electron chi connectivity index (χ3n) is 1.49. The lowest BCUT2D eigenvalue weighted by Gasteiger charge is -2.01. The molecule has 0 amide bonds. The lowest BCUT2D eigenvalue weighted by atomic mass is 10.2. The Morgan fingerprint density at radius 1 is 1.60 bits per heavy atom. The van der Waals surface area contributed by atoms with E-state index in [1.165, 1.54) is 6.07 Å². The largest absolute Gasteiger partial charge is 0.376 e. The van der Waals surface area contributed by atoms with Gasteiger partial charge in [-0.1, -0.05) is 0 Å². The molecular formula is C7H2F3N3O2. The second kappa shape index (κ2) is 3.91. The first-order valence-electron chi connectivity index (χ1n) is 3.50. The second-order valence-electron chi connectivity index (χ2n) is 2.40. The molecule has 0 saturated heterocycles. The summed E-state index contributed by atoms with van der Waals surface area (Å²) in [5, 5.41) is 18.6. The molecule has 0 fully saturated rings. The number of rotatable bonds is 2. The molecule has 1 aromatic heterocycles. The van der Waals surface area contributed by atoms with Crippen LogP contribution in [0.5, 0.6) is 0 Å². The van der Waals surface area contributed by atoms with Gasteiger partial charge in [-0.05, 0) is 9.91 Å². The van der Waals surface area contributed by atoms with Crippen molar-refractivity contribution in [3.63, 3.8) is 0 Å². The zero-order chi connectivity index (χ0) is 11.6. The van der Waals surface area contributed by atoms with Crippen molar-refractivity contribution in [2.24, 2.45) is 0 Å². The predicted molar refractivity (Wildman–Crippen MR) is 40.5 cm³/mol. The topological polar surface area (TPSA) is 79.8 Å². The summed E-state index contributed by atoms with van der Waals surface area (Å²) in [4.78, 5) is 12.0. The number of nitro groups is 1. The maximum Gasteiger partial charge on any atom is 0.376 e. The molecule has 15 heavy (non-hydrogen) atoms. The molecule has 0 aromatic carbocycles. The minimum Gasteiger partial charge on any atom is -0.358 e. The van der Waals surface area contributed by atoms with Gasteiger partial charge in [-0.2, -0.15) is 5.26 Å². The van der Waals surface area contributed by atoms with E-state index in [4.69, 9.17) is 5.26 Å². The Morgan fingerprint density at radius 3 is 2.60 bits per heavy atom. The molecule has 0 unspecified atom stereocenters. The van der Waals surface area contributed by atoms with Gasteiger partial charge in [-0.15, -0.1) is 0 Å². The fourth-order valence-electron chi connectivity index (χ4n) is 0.909. The number of aromatic nitrogens is 1. The Hall–Kier alpha value is -2.17. The highest BCUT2D eigenvalue weighted by Crippen LogP contribution is 2.29. The van der Waals surface area contributed by atoms with Crippen molar-refractivity contribution in [1.29, 1.82) is 5.26 Å². The lowest BCUT2D eigenvalue weighted by Crippen LogP contribution is -2.04. The molecule has 1 rings (SSSR count). The predicted octanol–water partition coefficient (Wildman–Crippen LogP) is 1.94. The van der Waals surface area contributed by atoms with Crippen molar-refractivity contribution in [3.8, 4) is 6.07 Å². The quantitative estimate of drug-likeness (QED) is 0.560. The number of halogens is 3. The van der Waals surface area contributed by atoms with E-state index in [-0.39, 0.29) is 0 Å². The van der Waals surface area contributed by atoms with E-state index in [9.17, 15) is 23.3 Å². The molecule has 0 radical (unpaired) electrons. The number of nitrogens with zero attached hydrogens (tertiary/aromatic N) is 3. The third-order valence-corrected chi connectivity index (χ3v) is 1.49. The minimum atomic E-state index is -3.36. The van der Waals surface area contributed by atoms with Crippen LogP contribution in [-0.2, 0) is 0 Å². The van der Waals surface area contributed by atoms with Gasteiger partial charge < -0.3 is 10.1 Å². The Bertz CT molecular complexity index is 456. The first-order chi connectivity index (χ1) is 6.97. The monoisotopic (exact) mass is 217 g/mol. The first-order valence-corrected chi connectivity index (χ1v) is 3.50. The van der Waals surface area contributed by atoms with Crippen molar-refractivity contribution in [3.05, 3.63) is 33.3 Å². The fourth-order valence-corrected chi connectivity index (χ4v) is 0.909. The molecule has 1 aromatic rings. The summed E-state index contributed by atoms with van der Waals surface area (Å²) < 4.78 is 37.4. The van der Waals surface area contributed by atoms with Crippen LogP contribution in [0.1, 0.15) is 17.7 Å². The molecule has 0 aliphatic heterocycles. The molecule has 0 N–H and O–H groups in total. The summed E-state index contributed by atoms with van der Waals surface area (Å²) in [7, 11) is 0. The summed E-state index contributed by atoms with van der Waals surface area (Å²) >= 11 is 0. The van der Waals surface area contributed by atoms with Crippen LogP contribution in [0.3, 0.4) is 0 Å². The van der Waals surface area contributed by atoms with Gasteiger partial charge in [-0.3, -0.25) is 0 Å². The Balaban J connectivity index is 3.51. The number of hydrogen-bond acceptors (Lipinski definition) is 4. The van der Waals surface area contributed by atoms with E-state index in [2.05, 4.69) is 4.98 Å². The van der Waals surface area contributed by atoms with Crippen LogP contribution in [0.4, 0.5) is 19.0 Å². The fraction of sp³-hybridized carbons (Fsp3) is 0.143.